The van der Waals surface area contributed by atoms with Crippen LogP contribution in [0.1, 0.15) is 23.7 Å². The van der Waals surface area contributed by atoms with Gasteiger partial charge < -0.3 is 15.2 Å². The standard InChI is InChI=1S/C17H20F3IN4O/c1-10-8-25(2)7-6-12(10)16(21,17(18,19)20)24-15(26)11-4-3-5-13-14(11)23-9-22-13/h3-5,9-10,12H,6-8H2,1-2H3,(H,22,23)(H,24,26)/t10-,12+,16?/m1/s1. The largest absolute Gasteiger partial charge is 0.421 e. The average molecular weight is 480 g/mol. The Morgan fingerprint density at radius 1 is 1.42 bits per heavy atom. The Hall–Kier alpha value is -1.36. The molecule has 1 saturated heterocycles. The van der Waals surface area contributed by atoms with Gasteiger partial charge in [-0.1, -0.05) is 13.0 Å². The van der Waals surface area contributed by atoms with E-state index in [1.54, 1.807) is 19.1 Å². The number of benzene rings is 1. The maximum atomic E-state index is 14.0. The number of amides is 1. The number of halogens is 4. The highest BCUT2D eigenvalue weighted by Crippen LogP contribution is 2.47. The lowest BCUT2D eigenvalue weighted by Crippen LogP contribution is -2.62. The average Bonchev–Trinajstić information content (AvgIpc) is 3.01. The molecular weight excluding hydrogens is 460 g/mol. The predicted octanol–water partition coefficient (Wildman–Crippen LogP) is 3.57. The van der Waals surface area contributed by atoms with Crippen LogP contribution in [0.2, 0.25) is 0 Å². The summed E-state index contributed by atoms with van der Waals surface area (Å²) in [7, 11) is 1.89. The third-order valence-electron chi connectivity index (χ3n) is 5.02. The van der Waals surface area contributed by atoms with Crippen molar-refractivity contribution in [3.8, 4) is 0 Å². The number of aromatic amines is 1. The zero-order valence-electron chi connectivity index (χ0n) is 14.4. The third kappa shape index (κ3) is 3.42. The number of hydrogen-bond donors (Lipinski definition) is 2. The molecule has 0 radical (unpaired) electrons. The SMILES string of the molecule is C[C@@H]1CN(C)CC[C@@H]1C(I)(NC(=O)c1cccc2[nH]cnc12)C(F)(F)F. The molecule has 5 nitrogen and oxygen atoms in total. The monoisotopic (exact) mass is 480 g/mol. The molecule has 1 amide bonds. The van der Waals surface area contributed by atoms with Crippen molar-refractivity contribution < 1.29 is 18.0 Å². The van der Waals surface area contributed by atoms with Crippen LogP contribution < -0.4 is 5.32 Å². The van der Waals surface area contributed by atoms with Gasteiger partial charge in [0.05, 0.1) is 17.4 Å². The van der Waals surface area contributed by atoms with Crippen molar-refractivity contribution in [2.45, 2.75) is 23.1 Å². The summed E-state index contributed by atoms with van der Waals surface area (Å²) in [6, 6.07) is 4.83. The first-order valence-electron chi connectivity index (χ1n) is 8.32. The van der Waals surface area contributed by atoms with Crippen LogP contribution in [0.25, 0.3) is 11.0 Å². The fourth-order valence-electron chi connectivity index (χ4n) is 3.70. The van der Waals surface area contributed by atoms with Crippen LogP contribution in [0.4, 0.5) is 13.2 Å². The van der Waals surface area contributed by atoms with Gasteiger partial charge in [0.1, 0.15) is 5.52 Å². The van der Waals surface area contributed by atoms with E-state index in [1.165, 1.54) is 35.0 Å². The number of imidazole rings is 1. The van der Waals surface area contributed by atoms with E-state index in [-0.39, 0.29) is 11.5 Å². The fourth-order valence-corrected chi connectivity index (χ4v) is 4.87. The number of rotatable bonds is 3. The van der Waals surface area contributed by atoms with E-state index in [0.29, 0.717) is 30.5 Å². The van der Waals surface area contributed by atoms with Crippen LogP contribution in [0.3, 0.4) is 0 Å². The van der Waals surface area contributed by atoms with E-state index in [2.05, 4.69) is 15.3 Å². The Labute approximate surface area is 162 Å². The summed E-state index contributed by atoms with van der Waals surface area (Å²) in [5.41, 5.74) is 1.10. The molecule has 2 heterocycles. The molecule has 0 spiro atoms. The lowest BCUT2D eigenvalue weighted by Gasteiger charge is -2.45. The summed E-state index contributed by atoms with van der Waals surface area (Å²) < 4.78 is 39.8. The summed E-state index contributed by atoms with van der Waals surface area (Å²) in [5.74, 6) is -1.67. The number of hydrogen-bond acceptors (Lipinski definition) is 3. The lowest BCUT2D eigenvalue weighted by molar-refractivity contribution is -0.179. The summed E-state index contributed by atoms with van der Waals surface area (Å²) in [6.45, 7) is 2.94. The van der Waals surface area contributed by atoms with Gasteiger partial charge in [0.2, 0.25) is 0 Å². The molecule has 1 aliphatic rings. The van der Waals surface area contributed by atoms with Crippen LogP contribution in [0, 0.1) is 11.8 Å². The van der Waals surface area contributed by atoms with E-state index >= 15 is 0 Å². The van der Waals surface area contributed by atoms with E-state index in [1.807, 2.05) is 11.9 Å². The Morgan fingerprint density at radius 3 is 2.81 bits per heavy atom. The van der Waals surface area contributed by atoms with Crippen molar-refractivity contribution in [2.75, 3.05) is 20.1 Å². The topological polar surface area (TPSA) is 61.0 Å². The van der Waals surface area contributed by atoms with Gasteiger partial charge in [-0.15, -0.1) is 0 Å². The second-order valence-electron chi connectivity index (χ2n) is 6.90. The molecule has 0 saturated carbocycles. The number of likely N-dealkylation sites (tertiary alicyclic amines) is 1. The van der Waals surface area contributed by atoms with Crippen LogP contribution >= 0.6 is 22.6 Å². The number of nitrogens with zero attached hydrogens (tertiary/aromatic N) is 2. The zero-order chi connectivity index (χ0) is 19.1. The van der Waals surface area contributed by atoms with E-state index in [9.17, 15) is 18.0 Å². The molecule has 2 aromatic rings. The van der Waals surface area contributed by atoms with Gasteiger partial charge in [0.25, 0.3) is 5.91 Å². The first-order valence-corrected chi connectivity index (χ1v) is 9.40. The second-order valence-corrected chi connectivity index (χ2v) is 8.60. The molecule has 3 rings (SSSR count). The Bertz CT molecular complexity index is 809. The molecule has 1 aliphatic heterocycles. The van der Waals surface area contributed by atoms with Crippen molar-refractivity contribution in [1.82, 2.24) is 20.2 Å². The highest BCUT2D eigenvalue weighted by molar-refractivity contribution is 14.1. The maximum Gasteiger partial charge on any atom is 0.421 e. The van der Waals surface area contributed by atoms with E-state index in [4.69, 9.17) is 0 Å². The van der Waals surface area contributed by atoms with Gasteiger partial charge in [-0.25, -0.2) is 4.98 Å². The van der Waals surface area contributed by atoms with Crippen LogP contribution in [-0.4, -0.2) is 50.6 Å². The van der Waals surface area contributed by atoms with Gasteiger partial charge in [0, 0.05) is 12.5 Å². The number of carbonyl (C=O) groups is 1. The first-order chi connectivity index (χ1) is 12.1. The molecule has 2 N–H and O–H groups in total. The lowest BCUT2D eigenvalue weighted by atomic mass is 9.81. The minimum Gasteiger partial charge on any atom is -0.345 e. The maximum absolute atomic E-state index is 14.0. The van der Waals surface area contributed by atoms with Crippen molar-refractivity contribution in [1.29, 1.82) is 0 Å². The van der Waals surface area contributed by atoms with Crippen molar-refractivity contribution in [2.24, 2.45) is 11.8 Å². The van der Waals surface area contributed by atoms with Gasteiger partial charge in [-0.3, -0.25) is 4.79 Å². The molecule has 1 unspecified atom stereocenters. The predicted molar refractivity (Wildman–Crippen MR) is 101 cm³/mol. The summed E-state index contributed by atoms with van der Waals surface area (Å²) in [6.07, 6.45) is -2.79. The third-order valence-corrected chi connectivity index (χ3v) is 6.70. The van der Waals surface area contributed by atoms with Gasteiger partial charge in [-0.05, 0) is 60.7 Å². The van der Waals surface area contributed by atoms with Crippen molar-refractivity contribution >= 4 is 39.5 Å². The quantitative estimate of drug-likeness (QED) is 0.401. The summed E-state index contributed by atoms with van der Waals surface area (Å²) in [4.78, 5) is 21.7. The van der Waals surface area contributed by atoms with Crippen LogP contribution in [0.15, 0.2) is 24.5 Å². The Morgan fingerprint density at radius 2 is 2.15 bits per heavy atom. The number of fused-ring (bicyclic) bond motifs is 1. The number of H-pyrrole nitrogens is 1. The Kier molecular flexibility index (Phi) is 5.22. The minimum atomic E-state index is -4.57. The summed E-state index contributed by atoms with van der Waals surface area (Å²) >= 11 is 1.38. The smallest absolute Gasteiger partial charge is 0.345 e. The molecule has 0 bridgehead atoms. The van der Waals surface area contributed by atoms with Crippen LogP contribution in [-0.2, 0) is 0 Å². The molecular formula is C17H20F3IN4O. The number of para-hydroxylation sites is 1. The van der Waals surface area contributed by atoms with E-state index in [0.717, 1.165) is 0 Å². The van der Waals surface area contributed by atoms with Gasteiger partial charge >= 0.3 is 6.18 Å². The minimum absolute atomic E-state index is 0.134. The molecule has 3 atom stereocenters. The first kappa shape index (κ1) is 19.4. The molecule has 142 valence electrons. The zero-order valence-corrected chi connectivity index (χ0v) is 16.6. The van der Waals surface area contributed by atoms with Crippen molar-refractivity contribution in [3.05, 3.63) is 30.1 Å². The number of aromatic nitrogens is 2. The molecule has 1 fully saturated rings. The fraction of sp³-hybridized carbons (Fsp3) is 0.529. The van der Waals surface area contributed by atoms with Gasteiger partial charge in [-0.2, -0.15) is 13.2 Å². The molecule has 0 aliphatic carbocycles. The second kappa shape index (κ2) is 6.99. The molecule has 1 aromatic carbocycles. The number of carbonyl (C=O) groups excluding carboxylic acids is 1. The van der Waals surface area contributed by atoms with E-state index < -0.39 is 21.5 Å². The Balaban J connectivity index is 1.94. The highest BCUT2D eigenvalue weighted by Gasteiger charge is 2.60. The summed E-state index contributed by atoms with van der Waals surface area (Å²) in [5, 5.41) is 2.30. The normalized spacial score (nSPS) is 24.4. The molecule has 1 aromatic heterocycles. The number of piperidine rings is 1. The molecule has 9 heteroatoms. The number of nitrogens with one attached hydrogen (secondary N) is 2. The molecule has 26 heavy (non-hydrogen) atoms. The van der Waals surface area contributed by atoms with Gasteiger partial charge in [0.15, 0.2) is 3.55 Å². The van der Waals surface area contributed by atoms with Crippen molar-refractivity contribution in [3.63, 3.8) is 0 Å². The highest BCUT2D eigenvalue weighted by atomic mass is 127. The van der Waals surface area contributed by atoms with Crippen LogP contribution in [0.5, 0.6) is 0 Å². The number of alkyl halides is 4.